The Morgan fingerprint density at radius 3 is 2.18 bits per heavy atom. The first-order valence-corrected chi connectivity index (χ1v) is 13.6. The molecule has 3 aromatic carbocycles. The number of aromatic nitrogens is 1. The summed E-state index contributed by atoms with van der Waals surface area (Å²) < 4.78 is 13.8. The Kier molecular flexibility index (Phi) is 8.74. The number of nitrogens with zero attached hydrogens (tertiary/aromatic N) is 3. The van der Waals surface area contributed by atoms with Crippen molar-refractivity contribution in [1.82, 2.24) is 14.4 Å². The molecule has 1 aromatic heterocycles. The van der Waals surface area contributed by atoms with Gasteiger partial charge in [-0.05, 0) is 36.7 Å². The van der Waals surface area contributed by atoms with Crippen LogP contribution < -0.4 is 9.47 Å². The molecule has 0 atom stereocenters. The minimum atomic E-state index is 0.139. The number of piperazine rings is 1. The summed E-state index contributed by atoms with van der Waals surface area (Å²) in [4.78, 5) is 18.3. The predicted octanol–water partition coefficient (Wildman–Crippen LogP) is 5.16. The fraction of sp³-hybridized carbons (Fsp3) is 0.344. The number of carbonyl (C=O) groups is 1. The molecule has 0 bridgehead atoms. The second-order valence-corrected chi connectivity index (χ2v) is 9.88. The number of methoxy groups -OCH3 is 1. The number of rotatable bonds is 12. The summed E-state index contributed by atoms with van der Waals surface area (Å²) >= 11 is 0. The van der Waals surface area contributed by atoms with Crippen LogP contribution in [0.5, 0.6) is 11.5 Å². The van der Waals surface area contributed by atoms with Crippen molar-refractivity contribution in [3.63, 3.8) is 0 Å². The first kappa shape index (κ1) is 26.0. The first-order valence-electron chi connectivity index (χ1n) is 13.6. The maximum atomic E-state index is 13.3. The van der Waals surface area contributed by atoms with Gasteiger partial charge in [-0.25, -0.2) is 0 Å². The number of ketones is 1. The van der Waals surface area contributed by atoms with E-state index < -0.39 is 0 Å². The van der Waals surface area contributed by atoms with Gasteiger partial charge in [-0.3, -0.25) is 9.69 Å². The van der Waals surface area contributed by atoms with Crippen LogP contribution >= 0.6 is 0 Å². The Morgan fingerprint density at radius 2 is 1.47 bits per heavy atom. The molecule has 0 aliphatic carbocycles. The van der Waals surface area contributed by atoms with Crippen molar-refractivity contribution < 1.29 is 14.3 Å². The van der Waals surface area contributed by atoms with Crippen LogP contribution in [0.1, 0.15) is 22.3 Å². The molecule has 5 rings (SSSR count). The lowest BCUT2D eigenvalue weighted by molar-refractivity contribution is 0.0994. The van der Waals surface area contributed by atoms with Crippen LogP contribution in [0.4, 0.5) is 0 Å². The van der Waals surface area contributed by atoms with Gasteiger partial charge in [0, 0.05) is 62.8 Å². The fourth-order valence-corrected chi connectivity index (χ4v) is 5.28. The van der Waals surface area contributed by atoms with Gasteiger partial charge in [0.25, 0.3) is 0 Å². The van der Waals surface area contributed by atoms with Crippen LogP contribution in [0.3, 0.4) is 0 Å². The molecule has 198 valence electrons. The van der Waals surface area contributed by atoms with Crippen molar-refractivity contribution in [3.05, 3.63) is 96.2 Å². The summed E-state index contributed by atoms with van der Waals surface area (Å²) in [6.45, 7) is 7.84. The van der Waals surface area contributed by atoms with Crippen LogP contribution in [0.15, 0.2) is 85.1 Å². The van der Waals surface area contributed by atoms with Gasteiger partial charge in [-0.15, -0.1) is 0 Å². The van der Waals surface area contributed by atoms with Gasteiger partial charge < -0.3 is 18.9 Å². The number of aryl methyl sites for hydroxylation is 1. The van der Waals surface area contributed by atoms with Crippen LogP contribution in [-0.4, -0.2) is 73.1 Å². The van der Waals surface area contributed by atoms with E-state index in [1.165, 1.54) is 0 Å². The van der Waals surface area contributed by atoms with Crippen LogP contribution in [0.25, 0.3) is 10.9 Å². The zero-order valence-electron chi connectivity index (χ0n) is 22.2. The van der Waals surface area contributed by atoms with Crippen molar-refractivity contribution >= 4 is 16.7 Å². The Morgan fingerprint density at radius 1 is 0.789 bits per heavy atom. The van der Waals surface area contributed by atoms with Gasteiger partial charge in [0.1, 0.15) is 18.1 Å². The molecule has 0 saturated carbocycles. The van der Waals surface area contributed by atoms with E-state index in [0.717, 1.165) is 92.4 Å². The number of hydrogen-bond acceptors (Lipinski definition) is 5. The molecule has 1 aliphatic heterocycles. The maximum Gasteiger partial charge on any atom is 0.169 e. The molecule has 38 heavy (non-hydrogen) atoms. The van der Waals surface area contributed by atoms with Gasteiger partial charge in [0.15, 0.2) is 5.78 Å². The third-order valence-electron chi connectivity index (χ3n) is 7.35. The van der Waals surface area contributed by atoms with Crippen molar-refractivity contribution in [2.75, 3.05) is 53.0 Å². The first-order chi connectivity index (χ1) is 18.7. The molecule has 4 aromatic rings. The molecule has 0 spiro atoms. The van der Waals surface area contributed by atoms with E-state index in [-0.39, 0.29) is 5.78 Å². The molecule has 0 N–H and O–H groups in total. The molecule has 2 heterocycles. The van der Waals surface area contributed by atoms with Crippen LogP contribution in [0, 0.1) is 0 Å². The van der Waals surface area contributed by atoms with Crippen molar-refractivity contribution in [2.45, 2.75) is 19.4 Å². The summed E-state index contributed by atoms with van der Waals surface area (Å²) in [5.41, 5.74) is 2.82. The Labute approximate surface area is 225 Å². The fourth-order valence-electron chi connectivity index (χ4n) is 5.28. The van der Waals surface area contributed by atoms with Gasteiger partial charge in [0.2, 0.25) is 0 Å². The summed E-state index contributed by atoms with van der Waals surface area (Å²) in [5.74, 6) is 1.89. The van der Waals surface area contributed by atoms with E-state index in [4.69, 9.17) is 9.47 Å². The smallest absolute Gasteiger partial charge is 0.169 e. The van der Waals surface area contributed by atoms with Gasteiger partial charge >= 0.3 is 0 Å². The monoisotopic (exact) mass is 511 g/mol. The summed E-state index contributed by atoms with van der Waals surface area (Å²) in [7, 11) is 1.70. The third-order valence-corrected chi connectivity index (χ3v) is 7.35. The molecule has 1 aliphatic rings. The van der Waals surface area contributed by atoms with Gasteiger partial charge in [0.05, 0.1) is 12.6 Å². The average Bonchev–Trinajstić information content (AvgIpc) is 3.34. The highest BCUT2D eigenvalue weighted by Gasteiger charge is 2.20. The highest BCUT2D eigenvalue weighted by molar-refractivity contribution is 6.10. The van der Waals surface area contributed by atoms with Crippen LogP contribution in [-0.2, 0) is 13.0 Å². The summed E-state index contributed by atoms with van der Waals surface area (Å²) in [6.07, 6.45) is 3.45. The second-order valence-electron chi connectivity index (χ2n) is 9.88. The Hall–Kier alpha value is -3.61. The average molecular weight is 512 g/mol. The number of benzene rings is 3. The lowest BCUT2D eigenvalue weighted by Crippen LogP contribution is -2.47. The molecule has 0 amide bonds. The molecular weight excluding hydrogens is 474 g/mol. The third kappa shape index (κ3) is 6.44. The molecule has 6 heteroatoms. The molecular formula is C32H37N3O3. The number of ether oxygens (including phenoxy) is 2. The summed E-state index contributed by atoms with van der Waals surface area (Å²) in [6, 6.07) is 26.0. The maximum absolute atomic E-state index is 13.3. The number of Topliss-reactive ketones (excluding diaryl/α,β-unsaturated/α-hetero) is 1. The normalized spacial score (nSPS) is 14.6. The zero-order valence-corrected chi connectivity index (χ0v) is 22.2. The lowest BCUT2D eigenvalue weighted by Gasteiger charge is -2.34. The van der Waals surface area contributed by atoms with Crippen LogP contribution in [0.2, 0.25) is 0 Å². The highest BCUT2D eigenvalue weighted by Crippen LogP contribution is 2.31. The van der Waals surface area contributed by atoms with E-state index in [0.29, 0.717) is 6.42 Å². The predicted molar refractivity (Wildman–Crippen MR) is 152 cm³/mol. The largest absolute Gasteiger partial charge is 0.495 e. The van der Waals surface area contributed by atoms with Crippen molar-refractivity contribution in [1.29, 1.82) is 0 Å². The van der Waals surface area contributed by atoms with E-state index >= 15 is 0 Å². The SMILES string of the molecule is COc1cccc2c(C(=O)Cc3ccccc3)cn(CCCN3CCN(CCOc4ccccc4)CC3)c12. The van der Waals surface area contributed by atoms with Crippen molar-refractivity contribution in [2.24, 2.45) is 0 Å². The number of para-hydroxylation sites is 2. The van der Waals surface area contributed by atoms with E-state index in [1.54, 1.807) is 7.11 Å². The molecule has 1 saturated heterocycles. The number of carbonyl (C=O) groups excluding carboxylic acids is 1. The Bertz CT molecular complexity index is 1310. The zero-order chi connectivity index (χ0) is 26.2. The molecule has 0 radical (unpaired) electrons. The summed E-state index contributed by atoms with van der Waals surface area (Å²) in [5, 5.41) is 0.969. The lowest BCUT2D eigenvalue weighted by atomic mass is 10.0. The minimum Gasteiger partial charge on any atom is -0.495 e. The van der Waals surface area contributed by atoms with E-state index in [1.807, 2.05) is 85.1 Å². The molecule has 0 unspecified atom stereocenters. The van der Waals surface area contributed by atoms with Gasteiger partial charge in [-0.2, -0.15) is 0 Å². The number of fused-ring (bicyclic) bond motifs is 1. The molecule has 1 fully saturated rings. The standard InChI is InChI=1S/C32H37N3O3/c1-37-31-15-8-14-28-29(30(36)24-26-10-4-2-5-11-26)25-35(32(28)31)17-9-16-33-18-20-34(21-19-33)22-23-38-27-12-6-3-7-13-27/h2-8,10-15,25H,9,16-24H2,1H3. The van der Waals surface area contributed by atoms with Gasteiger partial charge in [-0.1, -0.05) is 60.7 Å². The topological polar surface area (TPSA) is 46.9 Å². The molecule has 6 nitrogen and oxygen atoms in total. The Balaban J connectivity index is 1.15. The highest BCUT2D eigenvalue weighted by atomic mass is 16.5. The quantitative estimate of drug-likeness (QED) is 0.246. The minimum absolute atomic E-state index is 0.139. The number of hydrogen-bond donors (Lipinski definition) is 0. The van der Waals surface area contributed by atoms with E-state index in [2.05, 4.69) is 14.4 Å². The van der Waals surface area contributed by atoms with E-state index in [9.17, 15) is 4.79 Å². The van der Waals surface area contributed by atoms with Crippen molar-refractivity contribution in [3.8, 4) is 11.5 Å². The second kappa shape index (κ2) is 12.8.